The van der Waals surface area contributed by atoms with E-state index >= 15 is 0 Å². The summed E-state index contributed by atoms with van der Waals surface area (Å²) >= 11 is 1.17. The van der Waals surface area contributed by atoms with Crippen LogP contribution in [0.3, 0.4) is 0 Å². The Kier molecular flexibility index (Phi) is 4.96. The Balaban J connectivity index is 2.06. The van der Waals surface area contributed by atoms with E-state index in [1.807, 2.05) is 31.2 Å². The molecule has 0 fully saturated rings. The van der Waals surface area contributed by atoms with Crippen LogP contribution in [0, 0.1) is 13.8 Å². The monoisotopic (exact) mass is 358 g/mol. The number of aryl methyl sites for hydroxylation is 2. The summed E-state index contributed by atoms with van der Waals surface area (Å²) in [4.78, 5) is 33.1. The number of carbonyl (C=O) groups excluding carboxylic acids is 1. The van der Waals surface area contributed by atoms with Gasteiger partial charge in [-0.3, -0.25) is 4.79 Å². The smallest absolute Gasteiger partial charge is 0.348 e. The first-order valence-corrected chi connectivity index (χ1v) is 8.60. The van der Waals surface area contributed by atoms with Crippen molar-refractivity contribution in [2.24, 2.45) is 0 Å². The zero-order valence-electron chi connectivity index (χ0n) is 14.2. The van der Waals surface area contributed by atoms with Crippen molar-refractivity contribution in [3.63, 3.8) is 0 Å². The second-order valence-corrected chi connectivity index (χ2v) is 6.59. The van der Waals surface area contributed by atoms with Gasteiger partial charge in [-0.1, -0.05) is 24.3 Å². The third-order valence-corrected chi connectivity index (χ3v) is 5.07. The van der Waals surface area contributed by atoms with E-state index in [1.165, 1.54) is 18.4 Å². The number of methoxy groups -OCH3 is 1. The summed E-state index contributed by atoms with van der Waals surface area (Å²) in [5, 5.41) is 0.432. The van der Waals surface area contributed by atoms with E-state index in [2.05, 4.69) is 9.97 Å². The number of rotatable bonds is 5. The number of carbonyl (C=O) groups is 1. The Morgan fingerprint density at radius 3 is 2.72 bits per heavy atom. The number of aromatic nitrogens is 2. The zero-order chi connectivity index (χ0) is 18.0. The first kappa shape index (κ1) is 17.3. The van der Waals surface area contributed by atoms with E-state index in [0.29, 0.717) is 33.1 Å². The molecule has 0 radical (unpaired) electrons. The lowest BCUT2D eigenvalue weighted by molar-refractivity contribution is 0.0393. The van der Waals surface area contributed by atoms with Crippen LogP contribution in [-0.4, -0.2) is 36.3 Å². The summed E-state index contributed by atoms with van der Waals surface area (Å²) in [5.74, 6) is 0.0329. The molecule has 0 saturated heterocycles. The molecular formula is C18H18N2O4S. The molecule has 0 aliphatic heterocycles. The van der Waals surface area contributed by atoms with Crippen molar-refractivity contribution in [1.82, 2.24) is 9.97 Å². The van der Waals surface area contributed by atoms with Gasteiger partial charge >= 0.3 is 5.97 Å². The number of hydrogen-bond donors (Lipinski definition) is 1. The molecule has 2 heterocycles. The summed E-state index contributed by atoms with van der Waals surface area (Å²) in [7, 11) is 1.54. The normalized spacial score (nSPS) is 11.0. The van der Waals surface area contributed by atoms with E-state index in [0.717, 1.165) is 11.1 Å². The molecule has 7 heteroatoms. The number of H-pyrrole nitrogens is 1. The number of nitrogens with one attached hydrogen (secondary N) is 1. The maximum atomic E-state index is 12.5. The van der Waals surface area contributed by atoms with E-state index in [-0.39, 0.29) is 12.2 Å². The van der Waals surface area contributed by atoms with Gasteiger partial charge in [-0.2, -0.15) is 0 Å². The highest BCUT2D eigenvalue weighted by molar-refractivity contribution is 7.20. The summed E-state index contributed by atoms with van der Waals surface area (Å²) in [5.41, 5.74) is 2.20. The number of nitrogens with zero attached hydrogens (tertiary/aromatic N) is 1. The van der Waals surface area contributed by atoms with Crippen molar-refractivity contribution in [3.8, 4) is 11.4 Å². The van der Waals surface area contributed by atoms with E-state index in [4.69, 9.17) is 9.47 Å². The maximum Gasteiger partial charge on any atom is 0.348 e. The standard InChI is InChI=1S/C18H18N2O4S/c1-10-6-4-5-7-12(10)15-19-16(21)13-11(2)14(25-17(13)20-15)18(22)24-9-8-23-3/h4-7H,8-9H2,1-3H3,(H,19,20,21). The van der Waals surface area contributed by atoms with Crippen molar-refractivity contribution in [2.45, 2.75) is 13.8 Å². The van der Waals surface area contributed by atoms with Gasteiger partial charge in [0.2, 0.25) is 0 Å². The molecule has 0 amide bonds. The van der Waals surface area contributed by atoms with Gasteiger partial charge in [-0.15, -0.1) is 11.3 Å². The second kappa shape index (κ2) is 7.16. The van der Waals surface area contributed by atoms with Gasteiger partial charge in [0.05, 0.1) is 12.0 Å². The number of hydrogen-bond acceptors (Lipinski definition) is 6. The third-order valence-electron chi connectivity index (χ3n) is 3.91. The molecule has 130 valence electrons. The third kappa shape index (κ3) is 3.33. The Bertz CT molecular complexity index is 990. The van der Waals surface area contributed by atoms with Gasteiger partial charge in [0.25, 0.3) is 5.56 Å². The van der Waals surface area contributed by atoms with Crippen LogP contribution in [-0.2, 0) is 9.47 Å². The van der Waals surface area contributed by atoms with Crippen LogP contribution in [0.5, 0.6) is 0 Å². The van der Waals surface area contributed by atoms with Crippen LogP contribution in [0.2, 0.25) is 0 Å². The molecule has 0 aliphatic rings. The van der Waals surface area contributed by atoms with Crippen molar-refractivity contribution in [3.05, 3.63) is 50.6 Å². The maximum absolute atomic E-state index is 12.5. The van der Waals surface area contributed by atoms with E-state index in [1.54, 1.807) is 6.92 Å². The molecule has 3 rings (SSSR count). The molecule has 0 bridgehead atoms. The van der Waals surface area contributed by atoms with Crippen LogP contribution in [0.15, 0.2) is 29.1 Å². The Labute approximate surface area is 148 Å². The average Bonchev–Trinajstić information content (AvgIpc) is 2.92. The van der Waals surface area contributed by atoms with E-state index < -0.39 is 5.97 Å². The number of ether oxygens (including phenoxy) is 2. The minimum atomic E-state index is -0.464. The minimum Gasteiger partial charge on any atom is -0.459 e. The molecule has 1 aromatic carbocycles. The van der Waals surface area contributed by atoms with Crippen molar-refractivity contribution >= 4 is 27.5 Å². The lowest BCUT2D eigenvalue weighted by atomic mass is 10.1. The highest BCUT2D eigenvalue weighted by Gasteiger charge is 2.20. The summed E-state index contributed by atoms with van der Waals surface area (Å²) in [6.07, 6.45) is 0. The molecule has 0 saturated carbocycles. The van der Waals surface area contributed by atoms with Crippen molar-refractivity contribution in [1.29, 1.82) is 0 Å². The molecule has 0 aliphatic carbocycles. The first-order chi connectivity index (χ1) is 12.0. The molecule has 6 nitrogen and oxygen atoms in total. The Morgan fingerprint density at radius 2 is 2.00 bits per heavy atom. The van der Waals surface area contributed by atoms with Crippen molar-refractivity contribution < 1.29 is 14.3 Å². The molecule has 0 atom stereocenters. The van der Waals surface area contributed by atoms with Crippen molar-refractivity contribution in [2.75, 3.05) is 20.3 Å². The Hall–Kier alpha value is -2.51. The Morgan fingerprint density at radius 1 is 1.24 bits per heavy atom. The zero-order valence-corrected chi connectivity index (χ0v) is 15.0. The fourth-order valence-electron chi connectivity index (χ4n) is 2.59. The predicted molar refractivity (Wildman–Crippen MR) is 97.3 cm³/mol. The number of thiophene rings is 1. The van der Waals surface area contributed by atoms with Gasteiger partial charge in [-0.25, -0.2) is 9.78 Å². The average molecular weight is 358 g/mol. The van der Waals surface area contributed by atoms with Crippen LogP contribution >= 0.6 is 11.3 Å². The minimum absolute atomic E-state index is 0.168. The number of benzene rings is 1. The van der Waals surface area contributed by atoms with Gasteiger partial charge in [-0.05, 0) is 25.0 Å². The van der Waals surface area contributed by atoms with Gasteiger partial charge < -0.3 is 14.5 Å². The SMILES string of the molecule is COCCOC(=O)c1sc2nc(-c3ccccc3C)[nH]c(=O)c2c1C. The van der Waals surface area contributed by atoms with Crippen LogP contribution in [0.4, 0.5) is 0 Å². The molecule has 1 N–H and O–H groups in total. The predicted octanol–water partition coefficient (Wildman–Crippen LogP) is 3.07. The molecular weight excluding hydrogens is 340 g/mol. The number of esters is 1. The highest BCUT2D eigenvalue weighted by atomic mass is 32.1. The van der Waals surface area contributed by atoms with Crippen LogP contribution in [0.1, 0.15) is 20.8 Å². The summed E-state index contributed by atoms with van der Waals surface area (Å²) in [6, 6.07) is 7.68. The number of aromatic amines is 1. The van der Waals surface area contributed by atoms with Gasteiger partial charge in [0, 0.05) is 12.7 Å². The van der Waals surface area contributed by atoms with Gasteiger partial charge in [0.1, 0.15) is 22.1 Å². The molecule has 0 unspecified atom stereocenters. The van der Waals surface area contributed by atoms with Crippen LogP contribution < -0.4 is 5.56 Å². The number of fused-ring (bicyclic) bond motifs is 1. The van der Waals surface area contributed by atoms with Crippen LogP contribution in [0.25, 0.3) is 21.6 Å². The fourth-order valence-corrected chi connectivity index (χ4v) is 3.66. The molecule has 0 spiro atoms. The lowest BCUT2D eigenvalue weighted by Crippen LogP contribution is -2.11. The first-order valence-electron chi connectivity index (χ1n) is 7.78. The van der Waals surface area contributed by atoms with Gasteiger partial charge in [0.15, 0.2) is 0 Å². The summed E-state index contributed by atoms with van der Waals surface area (Å²) in [6.45, 7) is 4.18. The quantitative estimate of drug-likeness (QED) is 0.560. The second-order valence-electron chi connectivity index (χ2n) is 5.59. The molecule has 25 heavy (non-hydrogen) atoms. The largest absolute Gasteiger partial charge is 0.459 e. The lowest BCUT2D eigenvalue weighted by Gasteiger charge is -2.04. The summed E-state index contributed by atoms with van der Waals surface area (Å²) < 4.78 is 10.0. The molecule has 2 aromatic heterocycles. The fraction of sp³-hybridized carbons (Fsp3) is 0.278. The topological polar surface area (TPSA) is 81.3 Å². The molecule has 3 aromatic rings. The van der Waals surface area contributed by atoms with E-state index in [9.17, 15) is 9.59 Å². The highest BCUT2D eigenvalue weighted by Crippen LogP contribution is 2.29.